The van der Waals surface area contributed by atoms with Crippen molar-refractivity contribution in [3.8, 4) is 5.75 Å². The van der Waals surface area contributed by atoms with Crippen LogP contribution in [0, 0.1) is 0 Å². The van der Waals surface area contributed by atoms with E-state index in [1.807, 2.05) is 19.9 Å². The summed E-state index contributed by atoms with van der Waals surface area (Å²) in [4.78, 5) is 3.39. The number of aryl methyl sites for hydroxylation is 1. The van der Waals surface area contributed by atoms with Gasteiger partial charge in [-0.25, -0.2) is 0 Å². The van der Waals surface area contributed by atoms with Gasteiger partial charge in [0.05, 0.1) is 12.3 Å². The highest BCUT2D eigenvalue weighted by Gasteiger charge is 2.15. The fraction of sp³-hybridized carbons (Fsp3) is 0.385. The summed E-state index contributed by atoms with van der Waals surface area (Å²) < 4.78 is 5.65. The van der Waals surface area contributed by atoms with Crippen molar-refractivity contribution in [3.05, 3.63) is 30.0 Å². The molecule has 1 N–H and O–H groups in total. The summed E-state index contributed by atoms with van der Waals surface area (Å²) >= 11 is 0. The number of hydrogen-bond acceptors (Lipinski definition) is 1. The van der Waals surface area contributed by atoms with Gasteiger partial charge in [0.2, 0.25) is 0 Å². The van der Waals surface area contributed by atoms with E-state index < -0.39 is 0 Å². The predicted molar refractivity (Wildman–Crippen MR) is 65.6 cm³/mol. The number of fused-ring (bicyclic) bond motifs is 3. The SMILES string of the molecule is CC.[HH].c1ccc2c3c([nH]c2c1)CCCO3. The summed E-state index contributed by atoms with van der Waals surface area (Å²) in [6.07, 6.45) is 2.24. The highest BCUT2D eigenvalue weighted by molar-refractivity contribution is 5.87. The largest absolute Gasteiger partial charge is 0.491 e. The number of aromatic nitrogens is 1. The molecule has 2 heterocycles. The van der Waals surface area contributed by atoms with Crippen LogP contribution in [0.3, 0.4) is 0 Å². The molecule has 1 aromatic heterocycles. The topological polar surface area (TPSA) is 25.0 Å². The van der Waals surface area contributed by atoms with Crippen LogP contribution in [0.2, 0.25) is 0 Å². The van der Waals surface area contributed by atoms with Crippen molar-refractivity contribution < 1.29 is 6.16 Å². The van der Waals surface area contributed by atoms with Gasteiger partial charge in [-0.1, -0.05) is 26.0 Å². The molecule has 82 valence electrons. The van der Waals surface area contributed by atoms with Gasteiger partial charge >= 0.3 is 0 Å². The minimum Gasteiger partial charge on any atom is -0.491 e. The molecular weight excluding hydrogens is 186 g/mol. The van der Waals surface area contributed by atoms with Crippen molar-refractivity contribution in [1.29, 1.82) is 0 Å². The number of nitrogens with one attached hydrogen (secondary N) is 1. The fourth-order valence-electron chi connectivity index (χ4n) is 1.94. The highest BCUT2D eigenvalue weighted by Crippen LogP contribution is 2.33. The third-order valence-corrected chi connectivity index (χ3v) is 2.55. The molecule has 0 aliphatic carbocycles. The molecule has 0 spiro atoms. The van der Waals surface area contributed by atoms with Gasteiger partial charge in [-0.05, 0) is 25.0 Å². The van der Waals surface area contributed by atoms with Crippen LogP contribution in [-0.4, -0.2) is 11.6 Å². The normalized spacial score (nSPS) is 13.7. The Labute approximate surface area is 91.7 Å². The predicted octanol–water partition coefficient (Wildman–Crippen LogP) is 3.77. The maximum atomic E-state index is 5.65. The first-order valence-corrected chi connectivity index (χ1v) is 5.67. The number of hydrogen-bond donors (Lipinski definition) is 1. The number of ether oxygens (including phenoxy) is 1. The lowest BCUT2D eigenvalue weighted by Gasteiger charge is -2.12. The minimum absolute atomic E-state index is 0. The number of aromatic amines is 1. The first-order chi connectivity index (χ1) is 7.45. The van der Waals surface area contributed by atoms with Crippen LogP contribution in [0.4, 0.5) is 0 Å². The maximum Gasteiger partial charge on any atom is 0.147 e. The standard InChI is InChI=1S/C11H11NO.C2H6.H2/c1-2-5-9-8(4-1)11-10(12-9)6-3-7-13-11;1-2;/h1-2,4-5,12H,3,6-7H2;1-2H3;1H. The molecule has 0 radical (unpaired) electrons. The minimum atomic E-state index is 0. The number of rotatable bonds is 0. The first kappa shape index (κ1) is 10.1. The molecule has 2 nitrogen and oxygen atoms in total. The zero-order valence-electron chi connectivity index (χ0n) is 9.34. The Hall–Kier alpha value is -1.44. The van der Waals surface area contributed by atoms with Gasteiger partial charge in [-0.2, -0.15) is 0 Å². The summed E-state index contributed by atoms with van der Waals surface area (Å²) in [7, 11) is 0. The number of H-pyrrole nitrogens is 1. The molecule has 0 bridgehead atoms. The van der Waals surface area contributed by atoms with E-state index in [0.717, 1.165) is 25.2 Å². The Morgan fingerprint density at radius 3 is 2.93 bits per heavy atom. The second-order valence-corrected chi connectivity index (χ2v) is 3.43. The summed E-state index contributed by atoms with van der Waals surface area (Å²) in [5.74, 6) is 1.07. The van der Waals surface area contributed by atoms with Gasteiger partial charge in [0, 0.05) is 12.3 Å². The quantitative estimate of drug-likeness (QED) is 0.696. The van der Waals surface area contributed by atoms with E-state index in [9.17, 15) is 0 Å². The van der Waals surface area contributed by atoms with Crippen LogP contribution < -0.4 is 4.74 Å². The summed E-state index contributed by atoms with van der Waals surface area (Å²) in [6, 6.07) is 8.30. The van der Waals surface area contributed by atoms with Gasteiger partial charge in [-0.15, -0.1) is 0 Å². The second-order valence-electron chi connectivity index (χ2n) is 3.43. The van der Waals surface area contributed by atoms with Crippen molar-refractivity contribution in [2.75, 3.05) is 6.61 Å². The Morgan fingerprint density at radius 2 is 2.07 bits per heavy atom. The Morgan fingerprint density at radius 1 is 1.27 bits per heavy atom. The first-order valence-electron chi connectivity index (χ1n) is 5.67. The second kappa shape index (κ2) is 4.39. The average Bonchev–Trinajstić information content (AvgIpc) is 2.70. The smallest absolute Gasteiger partial charge is 0.147 e. The molecule has 2 aromatic rings. The van der Waals surface area contributed by atoms with Crippen molar-refractivity contribution in [2.45, 2.75) is 26.7 Å². The number of para-hydroxylation sites is 1. The Kier molecular flexibility index (Phi) is 2.95. The van der Waals surface area contributed by atoms with Crippen LogP contribution >= 0.6 is 0 Å². The molecule has 1 aliphatic rings. The average molecular weight is 205 g/mol. The molecule has 0 amide bonds. The Bertz CT molecular complexity index is 450. The fourth-order valence-corrected chi connectivity index (χ4v) is 1.94. The van der Waals surface area contributed by atoms with Gasteiger partial charge in [0.25, 0.3) is 0 Å². The monoisotopic (exact) mass is 205 g/mol. The van der Waals surface area contributed by atoms with Crippen LogP contribution in [-0.2, 0) is 6.42 Å². The van der Waals surface area contributed by atoms with Gasteiger partial charge in [-0.3, -0.25) is 0 Å². The number of benzene rings is 1. The van der Waals surface area contributed by atoms with E-state index >= 15 is 0 Å². The molecule has 0 unspecified atom stereocenters. The summed E-state index contributed by atoms with van der Waals surface area (Å²) in [5.41, 5.74) is 2.45. The third kappa shape index (κ3) is 1.72. The molecular formula is C13H19NO. The van der Waals surface area contributed by atoms with E-state index in [0.29, 0.717) is 0 Å². The summed E-state index contributed by atoms with van der Waals surface area (Å²) in [5, 5.41) is 1.22. The van der Waals surface area contributed by atoms with Crippen LogP contribution in [0.25, 0.3) is 10.9 Å². The molecule has 1 aliphatic heterocycles. The van der Waals surface area contributed by atoms with E-state index in [4.69, 9.17) is 4.74 Å². The molecule has 3 rings (SSSR count). The van der Waals surface area contributed by atoms with Gasteiger partial charge in [0.15, 0.2) is 0 Å². The highest BCUT2D eigenvalue weighted by atomic mass is 16.5. The van der Waals surface area contributed by atoms with E-state index in [1.165, 1.54) is 16.6 Å². The molecule has 1 aromatic carbocycles. The van der Waals surface area contributed by atoms with Crippen molar-refractivity contribution in [1.82, 2.24) is 4.98 Å². The molecule has 15 heavy (non-hydrogen) atoms. The van der Waals surface area contributed by atoms with Crippen molar-refractivity contribution in [3.63, 3.8) is 0 Å². The molecule has 0 saturated heterocycles. The van der Waals surface area contributed by atoms with Crippen LogP contribution in [0.15, 0.2) is 24.3 Å². The van der Waals surface area contributed by atoms with Gasteiger partial charge in [0.1, 0.15) is 5.75 Å². The molecule has 0 saturated carbocycles. The van der Waals surface area contributed by atoms with Crippen LogP contribution in [0.1, 0.15) is 27.4 Å². The lowest BCUT2D eigenvalue weighted by molar-refractivity contribution is 0.291. The zero-order chi connectivity index (χ0) is 10.7. The van der Waals surface area contributed by atoms with Crippen molar-refractivity contribution in [2.24, 2.45) is 0 Å². The molecule has 0 fully saturated rings. The van der Waals surface area contributed by atoms with E-state index in [-0.39, 0.29) is 1.43 Å². The van der Waals surface area contributed by atoms with Crippen LogP contribution in [0.5, 0.6) is 5.75 Å². The van der Waals surface area contributed by atoms with Gasteiger partial charge < -0.3 is 9.72 Å². The molecule has 0 atom stereocenters. The maximum absolute atomic E-state index is 5.65. The van der Waals surface area contributed by atoms with E-state index in [1.54, 1.807) is 0 Å². The molecule has 2 heteroatoms. The Balaban J connectivity index is 0.000000406. The van der Waals surface area contributed by atoms with Crippen molar-refractivity contribution >= 4 is 10.9 Å². The summed E-state index contributed by atoms with van der Waals surface area (Å²) in [6.45, 7) is 4.86. The lowest BCUT2D eigenvalue weighted by Crippen LogP contribution is -2.06. The van der Waals surface area contributed by atoms with E-state index in [2.05, 4.69) is 23.2 Å². The lowest BCUT2D eigenvalue weighted by atomic mass is 10.1. The zero-order valence-corrected chi connectivity index (χ0v) is 9.34. The third-order valence-electron chi connectivity index (χ3n) is 2.55.